The van der Waals surface area contributed by atoms with Crippen LogP contribution in [0.4, 0.5) is 8.78 Å². The van der Waals surface area contributed by atoms with Crippen LogP contribution in [0, 0.1) is 6.92 Å². The first-order chi connectivity index (χ1) is 12.8. The van der Waals surface area contributed by atoms with Crippen LogP contribution in [0.1, 0.15) is 30.6 Å². The van der Waals surface area contributed by atoms with E-state index in [4.69, 9.17) is 9.47 Å². The predicted octanol–water partition coefficient (Wildman–Crippen LogP) is 2.62. The quantitative estimate of drug-likeness (QED) is 0.735. The maximum atomic E-state index is 12.7. The van der Waals surface area contributed by atoms with Gasteiger partial charge in [-0.2, -0.15) is 13.9 Å². The molecule has 1 aromatic carbocycles. The van der Waals surface area contributed by atoms with Gasteiger partial charge in [0.1, 0.15) is 17.3 Å². The van der Waals surface area contributed by atoms with Crippen molar-refractivity contribution >= 4 is 10.0 Å². The fourth-order valence-corrected chi connectivity index (χ4v) is 3.98. The molecule has 1 unspecified atom stereocenters. The molecule has 1 atom stereocenters. The van der Waals surface area contributed by atoms with Gasteiger partial charge in [-0.3, -0.25) is 0 Å². The Bertz CT molecular complexity index is 880. The van der Waals surface area contributed by atoms with Crippen molar-refractivity contribution < 1.29 is 26.7 Å². The first-order valence-corrected chi connectivity index (χ1v) is 10.0. The number of sulfonamides is 1. The van der Waals surface area contributed by atoms with Crippen LogP contribution in [0.5, 0.6) is 5.75 Å². The predicted molar refractivity (Wildman–Crippen MR) is 93.2 cm³/mol. The summed E-state index contributed by atoms with van der Waals surface area (Å²) < 4.78 is 64.1. The molecule has 1 fully saturated rings. The fourth-order valence-electron chi connectivity index (χ4n) is 2.80. The molecular weight excluding hydrogens is 380 g/mol. The number of rotatable bonds is 8. The molecule has 148 valence electrons. The zero-order valence-corrected chi connectivity index (χ0v) is 15.6. The number of benzene rings is 1. The normalized spacial score (nSPS) is 17.6. The maximum absolute atomic E-state index is 12.7. The summed E-state index contributed by atoms with van der Waals surface area (Å²) in [5.74, 6) is 0.615. The molecule has 0 amide bonds. The summed E-state index contributed by atoms with van der Waals surface area (Å²) in [6.07, 6.45) is 2.90. The minimum Gasteiger partial charge on any atom is -0.491 e. The number of aromatic nitrogens is 2. The molecule has 1 saturated heterocycles. The van der Waals surface area contributed by atoms with Gasteiger partial charge in [-0.25, -0.2) is 17.8 Å². The number of aryl methyl sites for hydroxylation is 1. The number of ether oxygens (including phenoxy) is 2. The summed E-state index contributed by atoms with van der Waals surface area (Å²) >= 11 is 0. The molecule has 1 aromatic heterocycles. The van der Waals surface area contributed by atoms with Crippen molar-refractivity contribution in [2.75, 3.05) is 13.2 Å². The van der Waals surface area contributed by atoms with E-state index in [9.17, 15) is 17.2 Å². The highest BCUT2D eigenvalue weighted by molar-refractivity contribution is 7.89. The van der Waals surface area contributed by atoms with Gasteiger partial charge < -0.3 is 9.47 Å². The van der Waals surface area contributed by atoms with Gasteiger partial charge >= 0.3 is 6.55 Å². The largest absolute Gasteiger partial charge is 0.491 e. The SMILES string of the molecule is Cc1nn(C(F)F)cc1S(=O)(=O)NCc1cccc(OCC2CCCO2)c1. The second-order valence-corrected chi connectivity index (χ2v) is 7.99. The Morgan fingerprint density at radius 1 is 1.44 bits per heavy atom. The van der Waals surface area contributed by atoms with Crippen molar-refractivity contribution in [1.82, 2.24) is 14.5 Å². The molecule has 1 aliphatic heterocycles. The minimum atomic E-state index is -3.97. The molecule has 2 aromatic rings. The molecule has 10 heteroatoms. The third kappa shape index (κ3) is 5.02. The third-order valence-electron chi connectivity index (χ3n) is 4.19. The molecule has 1 aliphatic rings. The standard InChI is InChI=1S/C17H21F2N3O4S/c1-12-16(10-22(21-12)17(18)19)27(23,24)20-9-13-4-2-5-14(8-13)26-11-15-6-3-7-25-15/h2,4-5,8,10,15,17,20H,3,6-7,9,11H2,1H3. The zero-order valence-electron chi connectivity index (χ0n) is 14.8. The van der Waals surface area contributed by atoms with Crippen LogP contribution in [-0.2, 0) is 21.3 Å². The van der Waals surface area contributed by atoms with Gasteiger partial charge in [0, 0.05) is 13.2 Å². The van der Waals surface area contributed by atoms with E-state index in [2.05, 4.69) is 9.82 Å². The molecule has 0 radical (unpaired) electrons. The lowest BCUT2D eigenvalue weighted by Crippen LogP contribution is -2.23. The van der Waals surface area contributed by atoms with Crippen molar-refractivity contribution in [3.8, 4) is 5.75 Å². The maximum Gasteiger partial charge on any atom is 0.333 e. The second kappa shape index (κ2) is 8.32. The molecule has 1 N–H and O–H groups in total. The highest BCUT2D eigenvalue weighted by Gasteiger charge is 2.22. The highest BCUT2D eigenvalue weighted by atomic mass is 32.2. The van der Waals surface area contributed by atoms with Crippen LogP contribution >= 0.6 is 0 Å². The minimum absolute atomic E-state index is 0.00123. The first kappa shape index (κ1) is 19.7. The van der Waals surface area contributed by atoms with Gasteiger partial charge in [0.2, 0.25) is 10.0 Å². The summed E-state index contributed by atoms with van der Waals surface area (Å²) in [4.78, 5) is -0.270. The van der Waals surface area contributed by atoms with Crippen LogP contribution in [0.15, 0.2) is 35.4 Å². The monoisotopic (exact) mass is 401 g/mol. The molecule has 7 nitrogen and oxygen atoms in total. The summed E-state index contributed by atoms with van der Waals surface area (Å²) in [6.45, 7) is -0.338. The molecular formula is C17H21F2N3O4S. The Morgan fingerprint density at radius 2 is 2.26 bits per heavy atom. The van der Waals surface area contributed by atoms with Gasteiger partial charge in [-0.15, -0.1) is 0 Å². The molecule has 0 spiro atoms. The van der Waals surface area contributed by atoms with Crippen LogP contribution in [0.3, 0.4) is 0 Å². The van der Waals surface area contributed by atoms with E-state index in [1.165, 1.54) is 6.92 Å². The molecule has 0 bridgehead atoms. The van der Waals surface area contributed by atoms with E-state index in [1.54, 1.807) is 24.3 Å². The van der Waals surface area contributed by atoms with E-state index in [1.807, 2.05) is 0 Å². The third-order valence-corrected chi connectivity index (χ3v) is 5.69. The number of nitrogens with zero attached hydrogens (tertiary/aromatic N) is 2. The van der Waals surface area contributed by atoms with Gasteiger partial charge in [0.05, 0.1) is 18.0 Å². The summed E-state index contributed by atoms with van der Waals surface area (Å²) in [7, 11) is -3.97. The van der Waals surface area contributed by atoms with E-state index < -0.39 is 16.6 Å². The number of hydrogen-bond donors (Lipinski definition) is 1. The highest BCUT2D eigenvalue weighted by Crippen LogP contribution is 2.20. The van der Waals surface area contributed by atoms with Crippen LogP contribution < -0.4 is 9.46 Å². The Labute approximate surface area is 156 Å². The number of hydrogen-bond acceptors (Lipinski definition) is 5. The van der Waals surface area contributed by atoms with E-state index in [0.717, 1.165) is 25.6 Å². The Morgan fingerprint density at radius 3 is 2.93 bits per heavy atom. The number of alkyl halides is 2. The topological polar surface area (TPSA) is 82.5 Å². The van der Waals surface area contributed by atoms with Gasteiger partial charge in [-0.05, 0) is 37.5 Å². The van der Waals surface area contributed by atoms with E-state index in [-0.39, 0.29) is 23.2 Å². The Kier molecular flexibility index (Phi) is 6.08. The molecule has 0 saturated carbocycles. The van der Waals surface area contributed by atoms with Gasteiger partial charge in [-0.1, -0.05) is 12.1 Å². The molecule has 27 heavy (non-hydrogen) atoms. The Hall–Kier alpha value is -2.04. The van der Waals surface area contributed by atoms with Crippen molar-refractivity contribution in [1.29, 1.82) is 0 Å². The van der Waals surface area contributed by atoms with Crippen molar-refractivity contribution in [2.45, 2.75) is 43.9 Å². The summed E-state index contributed by atoms with van der Waals surface area (Å²) in [5.41, 5.74) is 0.693. The fraction of sp³-hybridized carbons (Fsp3) is 0.471. The lowest BCUT2D eigenvalue weighted by Gasteiger charge is -2.12. The Balaban J connectivity index is 1.62. The molecule has 3 rings (SSSR count). The lowest BCUT2D eigenvalue weighted by molar-refractivity contribution is 0.0561. The second-order valence-electron chi connectivity index (χ2n) is 6.25. The smallest absolute Gasteiger partial charge is 0.333 e. The van der Waals surface area contributed by atoms with Crippen molar-refractivity contribution in [3.05, 3.63) is 41.7 Å². The van der Waals surface area contributed by atoms with Crippen LogP contribution in [0.2, 0.25) is 0 Å². The average Bonchev–Trinajstić information content (AvgIpc) is 3.28. The average molecular weight is 401 g/mol. The van der Waals surface area contributed by atoms with Gasteiger partial charge in [0.15, 0.2) is 0 Å². The first-order valence-electron chi connectivity index (χ1n) is 8.52. The number of halogens is 2. The van der Waals surface area contributed by atoms with E-state index in [0.29, 0.717) is 22.6 Å². The van der Waals surface area contributed by atoms with Crippen LogP contribution in [-0.4, -0.2) is 37.5 Å². The van der Waals surface area contributed by atoms with Gasteiger partial charge in [0.25, 0.3) is 0 Å². The molecule has 0 aliphatic carbocycles. The summed E-state index contributed by atoms with van der Waals surface area (Å²) in [6, 6.07) is 7.02. The molecule has 2 heterocycles. The zero-order chi connectivity index (χ0) is 19.4. The van der Waals surface area contributed by atoms with E-state index >= 15 is 0 Å². The van der Waals surface area contributed by atoms with Crippen molar-refractivity contribution in [3.63, 3.8) is 0 Å². The summed E-state index contributed by atoms with van der Waals surface area (Å²) in [5, 5.41) is 3.52. The van der Waals surface area contributed by atoms with Crippen molar-refractivity contribution in [2.24, 2.45) is 0 Å². The van der Waals surface area contributed by atoms with Crippen LogP contribution in [0.25, 0.3) is 0 Å². The number of nitrogens with one attached hydrogen (secondary N) is 1. The lowest BCUT2D eigenvalue weighted by atomic mass is 10.2.